The topological polar surface area (TPSA) is 53.1 Å². The van der Waals surface area contributed by atoms with Crippen LogP contribution in [0.15, 0.2) is 23.3 Å². The molecule has 0 amide bonds. The van der Waals surface area contributed by atoms with E-state index >= 15 is 0 Å². The molecule has 0 saturated heterocycles. The predicted octanol–water partition coefficient (Wildman–Crippen LogP) is 2.76. The van der Waals surface area contributed by atoms with Gasteiger partial charge in [-0.25, -0.2) is 0 Å². The first-order valence-electron chi connectivity index (χ1n) is 7.56. The van der Waals surface area contributed by atoms with E-state index < -0.39 is 5.41 Å². The van der Waals surface area contributed by atoms with Gasteiger partial charge in [0.2, 0.25) is 0 Å². The maximum absolute atomic E-state index is 9.91. The molecule has 0 fully saturated rings. The first-order chi connectivity index (χ1) is 9.74. The van der Waals surface area contributed by atoms with E-state index in [1.807, 2.05) is 29.9 Å². The van der Waals surface area contributed by atoms with E-state index in [9.17, 15) is 5.26 Å². The Hall–Kier alpha value is -1.76. The summed E-state index contributed by atoms with van der Waals surface area (Å²) in [5.74, 6) is 0.860. The van der Waals surface area contributed by atoms with Crippen LogP contribution in [-0.2, 0) is 12.5 Å². The van der Waals surface area contributed by atoms with Crippen molar-refractivity contribution in [1.82, 2.24) is 9.88 Å². The molecule has 1 aromatic heterocycles. The first-order valence-corrected chi connectivity index (χ1v) is 7.56. The van der Waals surface area contributed by atoms with Crippen LogP contribution in [0.1, 0.15) is 44.7 Å². The largest absolute Gasteiger partial charge is 0.370 e. The van der Waals surface area contributed by atoms with Gasteiger partial charge in [-0.15, -0.1) is 0 Å². The van der Waals surface area contributed by atoms with E-state index in [4.69, 9.17) is 0 Å². The number of aromatic nitrogens is 1. The van der Waals surface area contributed by atoms with Gasteiger partial charge in [0.1, 0.15) is 5.84 Å². The Morgan fingerprint density at radius 1 is 1.45 bits per heavy atom. The van der Waals surface area contributed by atoms with E-state index in [1.54, 1.807) is 0 Å². The number of aryl methyl sites for hydroxylation is 1. The SMILES string of the molecule is CCCCCCC(C#N)(C1=NCCN1)c1cccn1C. The molecule has 0 saturated carbocycles. The molecule has 0 aromatic carbocycles. The summed E-state index contributed by atoms with van der Waals surface area (Å²) in [6, 6.07) is 6.61. The zero-order valence-electron chi connectivity index (χ0n) is 12.5. The maximum atomic E-state index is 9.91. The Morgan fingerprint density at radius 3 is 2.85 bits per heavy atom. The maximum Gasteiger partial charge on any atom is 0.154 e. The van der Waals surface area contributed by atoms with Gasteiger partial charge >= 0.3 is 0 Å². The van der Waals surface area contributed by atoms with Gasteiger partial charge in [0.05, 0.1) is 12.6 Å². The highest BCUT2D eigenvalue weighted by Crippen LogP contribution is 2.32. The molecule has 1 aliphatic heterocycles. The number of unbranched alkanes of at least 4 members (excludes halogenated alkanes) is 3. The van der Waals surface area contributed by atoms with Crippen molar-refractivity contribution in [1.29, 1.82) is 5.26 Å². The van der Waals surface area contributed by atoms with E-state index in [0.29, 0.717) is 0 Å². The lowest BCUT2D eigenvalue weighted by Crippen LogP contribution is -2.42. The Bertz CT molecular complexity index is 509. The summed E-state index contributed by atoms with van der Waals surface area (Å²) in [7, 11) is 2.00. The second kappa shape index (κ2) is 6.60. The van der Waals surface area contributed by atoms with E-state index in [2.05, 4.69) is 23.3 Å². The Balaban J connectivity index is 2.27. The minimum atomic E-state index is -0.609. The summed E-state index contributed by atoms with van der Waals surface area (Å²) < 4.78 is 2.05. The summed E-state index contributed by atoms with van der Waals surface area (Å²) in [5, 5.41) is 13.2. The molecule has 108 valence electrons. The van der Waals surface area contributed by atoms with Gasteiger partial charge in [-0.2, -0.15) is 5.26 Å². The quantitative estimate of drug-likeness (QED) is 0.776. The van der Waals surface area contributed by atoms with Gasteiger partial charge in [-0.1, -0.05) is 32.6 Å². The molecule has 1 aliphatic rings. The molecule has 0 spiro atoms. The number of nitriles is 1. The first kappa shape index (κ1) is 14.6. The van der Waals surface area contributed by atoms with E-state index in [1.165, 1.54) is 19.3 Å². The summed E-state index contributed by atoms with van der Waals surface area (Å²) in [6.07, 6.45) is 7.53. The van der Waals surface area contributed by atoms with Crippen molar-refractivity contribution in [3.05, 3.63) is 24.0 Å². The molecule has 0 radical (unpaired) electrons. The second-order valence-electron chi connectivity index (χ2n) is 5.49. The summed E-state index contributed by atoms with van der Waals surface area (Å²) >= 11 is 0. The van der Waals surface area contributed by atoms with Crippen molar-refractivity contribution in [2.75, 3.05) is 13.1 Å². The van der Waals surface area contributed by atoms with Crippen LogP contribution in [0, 0.1) is 11.3 Å². The molecule has 1 N–H and O–H groups in total. The molecule has 1 unspecified atom stereocenters. The number of amidine groups is 1. The number of aliphatic imine (C=N–C) groups is 1. The molecule has 4 nitrogen and oxygen atoms in total. The van der Waals surface area contributed by atoms with Crippen molar-refractivity contribution in [2.24, 2.45) is 12.0 Å². The molecule has 1 atom stereocenters. The van der Waals surface area contributed by atoms with Gasteiger partial charge in [-0.3, -0.25) is 4.99 Å². The lowest BCUT2D eigenvalue weighted by Gasteiger charge is -2.28. The van der Waals surface area contributed by atoms with Crippen LogP contribution >= 0.6 is 0 Å². The van der Waals surface area contributed by atoms with Gasteiger partial charge < -0.3 is 9.88 Å². The van der Waals surface area contributed by atoms with Crippen molar-refractivity contribution in [3.63, 3.8) is 0 Å². The monoisotopic (exact) mass is 272 g/mol. The average Bonchev–Trinajstić information content (AvgIpc) is 3.12. The molecule has 2 rings (SSSR count). The van der Waals surface area contributed by atoms with Crippen LogP contribution in [0.3, 0.4) is 0 Å². The predicted molar refractivity (Wildman–Crippen MR) is 81.8 cm³/mol. The zero-order chi connectivity index (χ0) is 14.4. The smallest absolute Gasteiger partial charge is 0.154 e. The highest BCUT2D eigenvalue weighted by atomic mass is 15.1. The van der Waals surface area contributed by atoms with Crippen LogP contribution < -0.4 is 5.32 Å². The molecule has 4 heteroatoms. The molecule has 20 heavy (non-hydrogen) atoms. The Kier molecular flexibility index (Phi) is 4.84. The Morgan fingerprint density at radius 2 is 2.30 bits per heavy atom. The number of hydrogen-bond acceptors (Lipinski definition) is 3. The average molecular weight is 272 g/mol. The van der Waals surface area contributed by atoms with Crippen molar-refractivity contribution < 1.29 is 0 Å². The van der Waals surface area contributed by atoms with Gasteiger partial charge in [0.15, 0.2) is 5.41 Å². The van der Waals surface area contributed by atoms with Crippen molar-refractivity contribution in [3.8, 4) is 6.07 Å². The van der Waals surface area contributed by atoms with Crippen LogP contribution in [0.5, 0.6) is 0 Å². The fourth-order valence-electron chi connectivity index (χ4n) is 2.94. The van der Waals surface area contributed by atoms with Crippen LogP contribution in [-0.4, -0.2) is 23.5 Å². The molecular weight excluding hydrogens is 248 g/mol. The minimum absolute atomic E-state index is 0.609. The third kappa shape index (κ3) is 2.72. The lowest BCUT2D eigenvalue weighted by atomic mass is 9.79. The number of nitrogens with one attached hydrogen (secondary N) is 1. The molecule has 0 bridgehead atoms. The Labute approximate surface area is 121 Å². The van der Waals surface area contributed by atoms with Crippen molar-refractivity contribution in [2.45, 2.75) is 44.4 Å². The fourth-order valence-corrected chi connectivity index (χ4v) is 2.94. The minimum Gasteiger partial charge on any atom is -0.370 e. The number of nitrogens with zero attached hydrogens (tertiary/aromatic N) is 3. The van der Waals surface area contributed by atoms with E-state index in [-0.39, 0.29) is 0 Å². The summed E-state index contributed by atoms with van der Waals surface area (Å²) in [4.78, 5) is 4.54. The third-order valence-electron chi connectivity index (χ3n) is 4.06. The van der Waals surface area contributed by atoms with Gasteiger partial charge in [0.25, 0.3) is 0 Å². The third-order valence-corrected chi connectivity index (χ3v) is 4.06. The van der Waals surface area contributed by atoms with Gasteiger partial charge in [0, 0.05) is 25.5 Å². The normalized spacial score (nSPS) is 17.1. The second-order valence-corrected chi connectivity index (χ2v) is 5.49. The standard InChI is InChI=1S/C16H24N4/c1-3-4-5-6-9-16(13-17,15-18-10-11-19-15)14-8-7-12-20(14)2/h7-8,12H,3-6,9-11H2,1-2H3,(H,18,19). The van der Waals surface area contributed by atoms with Gasteiger partial charge in [-0.05, 0) is 18.6 Å². The van der Waals surface area contributed by atoms with Crippen LogP contribution in [0.4, 0.5) is 0 Å². The van der Waals surface area contributed by atoms with E-state index in [0.717, 1.165) is 37.5 Å². The number of rotatable bonds is 7. The van der Waals surface area contributed by atoms with Crippen LogP contribution in [0.2, 0.25) is 0 Å². The zero-order valence-corrected chi connectivity index (χ0v) is 12.5. The number of hydrogen-bond donors (Lipinski definition) is 1. The van der Waals surface area contributed by atoms with Crippen molar-refractivity contribution >= 4 is 5.84 Å². The molecule has 0 aliphatic carbocycles. The fraction of sp³-hybridized carbons (Fsp3) is 0.625. The summed E-state index contributed by atoms with van der Waals surface area (Å²) in [6.45, 7) is 3.83. The summed E-state index contributed by atoms with van der Waals surface area (Å²) in [5.41, 5.74) is 0.437. The highest BCUT2D eigenvalue weighted by molar-refractivity contribution is 5.96. The highest BCUT2D eigenvalue weighted by Gasteiger charge is 2.40. The molecular formula is C16H24N4. The van der Waals surface area contributed by atoms with Crippen LogP contribution in [0.25, 0.3) is 0 Å². The molecule has 1 aromatic rings. The lowest BCUT2D eigenvalue weighted by molar-refractivity contribution is 0.534. The molecule has 2 heterocycles.